The van der Waals surface area contributed by atoms with Gasteiger partial charge in [-0.25, -0.2) is 0 Å². The van der Waals surface area contributed by atoms with Crippen LogP contribution in [-0.2, 0) is 18.5 Å². The quantitative estimate of drug-likeness (QED) is 0.808. The Balaban J connectivity index is 1.94. The lowest BCUT2D eigenvalue weighted by Crippen LogP contribution is -2.45. The Morgan fingerprint density at radius 3 is 2.88 bits per heavy atom. The van der Waals surface area contributed by atoms with E-state index in [-0.39, 0.29) is 5.54 Å². The molecule has 1 atom stereocenters. The largest absolute Gasteiger partial charge is 0.313 e. The van der Waals surface area contributed by atoms with Crippen molar-refractivity contribution in [3.05, 3.63) is 11.6 Å². The number of hydrogen-bond acceptors (Lipinski definition) is 3. The summed E-state index contributed by atoms with van der Waals surface area (Å²) in [5, 5.41) is 12.5. The fourth-order valence-corrected chi connectivity index (χ4v) is 3.14. The van der Waals surface area contributed by atoms with Gasteiger partial charge in [-0.2, -0.15) is 0 Å². The van der Waals surface area contributed by atoms with Gasteiger partial charge in [-0.1, -0.05) is 6.42 Å². The minimum absolute atomic E-state index is 0.0494. The smallest absolute Gasteiger partial charge is 0.153 e. The Bertz CT molecular complexity index is 390. The van der Waals surface area contributed by atoms with Gasteiger partial charge in [0.05, 0.1) is 5.54 Å². The van der Waals surface area contributed by atoms with Gasteiger partial charge in [0.1, 0.15) is 5.82 Å². The number of hydrogen-bond donors (Lipinski definition) is 1. The van der Waals surface area contributed by atoms with E-state index in [1.165, 1.54) is 50.2 Å². The Hall–Kier alpha value is -0.900. The van der Waals surface area contributed by atoms with Gasteiger partial charge in [0.2, 0.25) is 0 Å². The summed E-state index contributed by atoms with van der Waals surface area (Å²) in [5.41, 5.74) is 0.0494. The molecule has 0 spiro atoms. The molecular formula is C13H22N4. The van der Waals surface area contributed by atoms with Gasteiger partial charge in [-0.3, -0.25) is 0 Å². The zero-order chi connectivity index (χ0) is 11.7. The minimum Gasteiger partial charge on any atom is -0.313 e. The van der Waals surface area contributed by atoms with Crippen LogP contribution in [0.15, 0.2) is 0 Å². The Morgan fingerprint density at radius 1 is 1.12 bits per heavy atom. The van der Waals surface area contributed by atoms with E-state index >= 15 is 0 Å². The van der Waals surface area contributed by atoms with Crippen LogP contribution in [0.3, 0.4) is 0 Å². The van der Waals surface area contributed by atoms with E-state index in [0.29, 0.717) is 0 Å². The van der Waals surface area contributed by atoms with E-state index in [2.05, 4.69) is 27.0 Å². The monoisotopic (exact) mass is 234 g/mol. The summed E-state index contributed by atoms with van der Waals surface area (Å²) in [7, 11) is 0. The average molecular weight is 234 g/mol. The second-order valence-electron chi connectivity index (χ2n) is 5.62. The molecule has 0 saturated carbocycles. The van der Waals surface area contributed by atoms with Crippen molar-refractivity contribution < 1.29 is 0 Å². The Labute approximate surface area is 103 Å². The lowest BCUT2D eigenvalue weighted by molar-refractivity contribution is 0.258. The van der Waals surface area contributed by atoms with Crippen LogP contribution in [0.2, 0.25) is 0 Å². The molecule has 3 rings (SSSR count). The van der Waals surface area contributed by atoms with Crippen molar-refractivity contribution >= 4 is 0 Å². The molecule has 1 aromatic heterocycles. The van der Waals surface area contributed by atoms with Crippen LogP contribution in [0.5, 0.6) is 0 Å². The third-order valence-electron chi connectivity index (χ3n) is 4.22. The molecule has 0 aliphatic carbocycles. The average Bonchev–Trinajstić information content (AvgIpc) is 2.61. The molecule has 94 valence electrons. The van der Waals surface area contributed by atoms with Crippen molar-refractivity contribution in [2.75, 3.05) is 6.54 Å². The summed E-state index contributed by atoms with van der Waals surface area (Å²) in [4.78, 5) is 0. The summed E-state index contributed by atoms with van der Waals surface area (Å²) >= 11 is 0. The molecule has 17 heavy (non-hydrogen) atoms. The maximum atomic E-state index is 4.49. The van der Waals surface area contributed by atoms with Crippen LogP contribution in [0.4, 0.5) is 0 Å². The van der Waals surface area contributed by atoms with E-state index in [4.69, 9.17) is 0 Å². The highest BCUT2D eigenvalue weighted by Crippen LogP contribution is 2.30. The van der Waals surface area contributed by atoms with Crippen molar-refractivity contribution in [2.24, 2.45) is 0 Å². The predicted molar refractivity (Wildman–Crippen MR) is 66.8 cm³/mol. The third-order valence-corrected chi connectivity index (χ3v) is 4.22. The van der Waals surface area contributed by atoms with Gasteiger partial charge in [0, 0.05) is 13.0 Å². The third kappa shape index (κ3) is 1.99. The molecule has 1 unspecified atom stereocenters. The standard InChI is InChI=1S/C13H22N4/c1-13(8-4-5-9-14-13)12-16-15-11-7-3-2-6-10-17(11)12/h14H,2-10H2,1H3. The van der Waals surface area contributed by atoms with Crippen molar-refractivity contribution in [3.8, 4) is 0 Å². The summed E-state index contributed by atoms with van der Waals surface area (Å²) in [6.45, 7) is 4.50. The fourth-order valence-electron chi connectivity index (χ4n) is 3.14. The molecule has 0 bridgehead atoms. The molecular weight excluding hydrogens is 212 g/mol. The summed E-state index contributed by atoms with van der Waals surface area (Å²) in [5.74, 6) is 2.38. The molecule has 0 amide bonds. The summed E-state index contributed by atoms with van der Waals surface area (Å²) in [6.07, 6.45) is 8.74. The maximum Gasteiger partial charge on any atom is 0.153 e. The summed E-state index contributed by atoms with van der Waals surface area (Å²) < 4.78 is 2.38. The predicted octanol–water partition coefficient (Wildman–Crippen LogP) is 1.99. The second kappa shape index (κ2) is 4.41. The van der Waals surface area contributed by atoms with Crippen molar-refractivity contribution in [3.63, 3.8) is 0 Å². The summed E-state index contributed by atoms with van der Waals surface area (Å²) in [6, 6.07) is 0. The number of nitrogens with zero attached hydrogens (tertiary/aromatic N) is 3. The fraction of sp³-hybridized carbons (Fsp3) is 0.846. The molecule has 1 saturated heterocycles. The first-order chi connectivity index (χ1) is 8.30. The van der Waals surface area contributed by atoms with Gasteiger partial charge in [-0.15, -0.1) is 10.2 Å². The van der Waals surface area contributed by atoms with Gasteiger partial charge >= 0.3 is 0 Å². The van der Waals surface area contributed by atoms with Gasteiger partial charge in [0.15, 0.2) is 5.82 Å². The molecule has 2 aliphatic rings. The molecule has 2 aliphatic heterocycles. The molecule has 1 aromatic rings. The SMILES string of the molecule is CC1(c2nnc3n2CCCCC3)CCCCN1. The van der Waals surface area contributed by atoms with E-state index < -0.39 is 0 Å². The molecule has 1 fully saturated rings. The van der Waals surface area contributed by atoms with Crippen LogP contribution in [0.25, 0.3) is 0 Å². The van der Waals surface area contributed by atoms with E-state index in [1.807, 2.05) is 0 Å². The Morgan fingerprint density at radius 2 is 2.06 bits per heavy atom. The van der Waals surface area contributed by atoms with E-state index in [0.717, 1.165) is 19.5 Å². The second-order valence-corrected chi connectivity index (χ2v) is 5.62. The van der Waals surface area contributed by atoms with Gasteiger partial charge in [-0.05, 0) is 45.6 Å². The van der Waals surface area contributed by atoms with Crippen molar-refractivity contribution in [2.45, 2.75) is 64.0 Å². The normalized spacial score (nSPS) is 29.7. The van der Waals surface area contributed by atoms with Crippen LogP contribution in [0, 0.1) is 0 Å². The molecule has 4 nitrogen and oxygen atoms in total. The van der Waals surface area contributed by atoms with Crippen LogP contribution >= 0.6 is 0 Å². The zero-order valence-electron chi connectivity index (χ0n) is 10.7. The van der Waals surface area contributed by atoms with Gasteiger partial charge in [0.25, 0.3) is 0 Å². The lowest BCUT2D eigenvalue weighted by Gasteiger charge is -2.34. The van der Waals surface area contributed by atoms with E-state index in [9.17, 15) is 0 Å². The number of piperidine rings is 1. The molecule has 0 radical (unpaired) electrons. The van der Waals surface area contributed by atoms with Crippen LogP contribution in [-0.4, -0.2) is 21.3 Å². The first-order valence-electron chi connectivity index (χ1n) is 6.97. The molecule has 3 heterocycles. The van der Waals surface area contributed by atoms with Crippen LogP contribution < -0.4 is 5.32 Å². The van der Waals surface area contributed by atoms with Crippen LogP contribution in [0.1, 0.15) is 57.1 Å². The number of nitrogens with one attached hydrogen (secondary N) is 1. The highest BCUT2D eigenvalue weighted by atomic mass is 15.3. The lowest BCUT2D eigenvalue weighted by atomic mass is 9.90. The number of rotatable bonds is 1. The first kappa shape index (κ1) is 11.2. The number of aryl methyl sites for hydroxylation is 1. The zero-order valence-corrected chi connectivity index (χ0v) is 10.7. The highest BCUT2D eigenvalue weighted by Gasteiger charge is 2.34. The van der Waals surface area contributed by atoms with Crippen molar-refractivity contribution in [1.29, 1.82) is 0 Å². The highest BCUT2D eigenvalue weighted by molar-refractivity contribution is 5.10. The molecule has 0 aromatic carbocycles. The maximum absolute atomic E-state index is 4.49. The number of fused-ring (bicyclic) bond motifs is 1. The van der Waals surface area contributed by atoms with Crippen molar-refractivity contribution in [1.82, 2.24) is 20.1 Å². The minimum atomic E-state index is 0.0494. The Kier molecular flexibility index (Phi) is 2.90. The molecule has 4 heteroatoms. The number of aromatic nitrogens is 3. The first-order valence-corrected chi connectivity index (χ1v) is 6.97. The topological polar surface area (TPSA) is 42.7 Å². The van der Waals surface area contributed by atoms with Gasteiger partial charge < -0.3 is 9.88 Å². The molecule has 1 N–H and O–H groups in total. The van der Waals surface area contributed by atoms with E-state index in [1.54, 1.807) is 0 Å².